The lowest BCUT2D eigenvalue weighted by Crippen LogP contribution is -2.24. The molecular formula is C11H12INOS. The zero-order valence-electron chi connectivity index (χ0n) is 8.42. The van der Waals surface area contributed by atoms with Crippen LogP contribution in [0, 0.1) is 3.57 Å². The van der Waals surface area contributed by atoms with Gasteiger partial charge in [0.1, 0.15) is 10.7 Å². The first-order valence-electron chi connectivity index (χ1n) is 4.85. The molecule has 80 valence electrons. The number of hydrogen-bond donors (Lipinski definition) is 1. The number of benzene rings is 1. The summed E-state index contributed by atoms with van der Waals surface area (Å²) in [7, 11) is 1.68. The molecule has 4 heteroatoms. The maximum Gasteiger partial charge on any atom is 0.130 e. The Labute approximate surface area is 109 Å². The fraction of sp³-hybridized carbons (Fsp3) is 0.364. The molecule has 0 saturated heterocycles. The summed E-state index contributed by atoms with van der Waals surface area (Å²) in [6.45, 7) is 0. The van der Waals surface area contributed by atoms with Gasteiger partial charge in [0.2, 0.25) is 0 Å². The molecule has 15 heavy (non-hydrogen) atoms. The minimum Gasteiger partial charge on any atom is -0.496 e. The van der Waals surface area contributed by atoms with Crippen molar-refractivity contribution in [2.45, 2.75) is 18.9 Å². The second-order valence-electron chi connectivity index (χ2n) is 3.59. The summed E-state index contributed by atoms with van der Waals surface area (Å²) in [5, 5.41) is 3.31. The molecule has 0 spiro atoms. The van der Waals surface area contributed by atoms with Crippen LogP contribution in [0.5, 0.6) is 5.75 Å². The normalized spacial score (nSPS) is 14.8. The third kappa shape index (κ3) is 2.81. The maximum atomic E-state index is 5.34. The van der Waals surface area contributed by atoms with Gasteiger partial charge in [0.05, 0.1) is 12.7 Å². The highest BCUT2D eigenvalue weighted by molar-refractivity contribution is 14.1. The molecule has 1 saturated carbocycles. The zero-order chi connectivity index (χ0) is 10.8. The molecule has 2 rings (SSSR count). The van der Waals surface area contributed by atoms with Crippen molar-refractivity contribution in [2.24, 2.45) is 0 Å². The minimum absolute atomic E-state index is 0.585. The average Bonchev–Trinajstić information content (AvgIpc) is 3.01. The molecule has 2 nitrogen and oxygen atoms in total. The predicted octanol–water partition coefficient (Wildman–Crippen LogP) is 2.73. The lowest BCUT2D eigenvalue weighted by atomic mass is 10.2. The molecule has 1 aromatic carbocycles. The van der Waals surface area contributed by atoms with Crippen molar-refractivity contribution in [3.63, 3.8) is 0 Å². The Balaban J connectivity index is 2.21. The number of hydrogen-bond acceptors (Lipinski definition) is 2. The molecule has 0 bridgehead atoms. The van der Waals surface area contributed by atoms with E-state index in [9.17, 15) is 0 Å². The van der Waals surface area contributed by atoms with Gasteiger partial charge in [0.25, 0.3) is 0 Å². The molecule has 0 amide bonds. The standard InChI is InChI=1S/C11H12INOS/c1-14-10-6-7(12)2-5-9(10)11(15)13-8-3-4-8/h2,5-6,8H,3-4H2,1H3,(H,13,15). The van der Waals surface area contributed by atoms with Gasteiger partial charge in [-0.3, -0.25) is 0 Å². The van der Waals surface area contributed by atoms with Gasteiger partial charge < -0.3 is 10.1 Å². The quantitative estimate of drug-likeness (QED) is 0.679. The smallest absolute Gasteiger partial charge is 0.130 e. The van der Waals surface area contributed by atoms with Crippen LogP contribution in [0.15, 0.2) is 18.2 Å². The van der Waals surface area contributed by atoms with E-state index in [-0.39, 0.29) is 0 Å². The first-order valence-corrected chi connectivity index (χ1v) is 6.34. The van der Waals surface area contributed by atoms with Crippen molar-refractivity contribution in [3.8, 4) is 5.75 Å². The van der Waals surface area contributed by atoms with Crippen molar-refractivity contribution < 1.29 is 4.74 Å². The van der Waals surface area contributed by atoms with Crippen molar-refractivity contribution in [3.05, 3.63) is 27.3 Å². The van der Waals surface area contributed by atoms with Gasteiger partial charge in [-0.2, -0.15) is 0 Å². The molecule has 0 radical (unpaired) electrons. The molecule has 1 aliphatic rings. The first-order chi connectivity index (χ1) is 7.20. The van der Waals surface area contributed by atoms with E-state index < -0.39 is 0 Å². The van der Waals surface area contributed by atoms with E-state index in [0.29, 0.717) is 6.04 Å². The maximum absolute atomic E-state index is 5.34. The Morgan fingerprint density at radius 2 is 2.27 bits per heavy atom. The summed E-state index contributed by atoms with van der Waals surface area (Å²) in [5.41, 5.74) is 0.986. The zero-order valence-corrected chi connectivity index (χ0v) is 11.4. The number of thiocarbonyl (C=S) groups is 1. The minimum atomic E-state index is 0.585. The van der Waals surface area contributed by atoms with E-state index in [1.165, 1.54) is 12.8 Å². The number of ether oxygens (including phenoxy) is 1. The molecule has 0 heterocycles. The molecule has 1 fully saturated rings. The largest absolute Gasteiger partial charge is 0.496 e. The Hall–Kier alpha value is -0.360. The lowest BCUT2D eigenvalue weighted by Gasteiger charge is -2.11. The summed E-state index contributed by atoms with van der Waals surface area (Å²) in [5.74, 6) is 0.847. The third-order valence-electron chi connectivity index (χ3n) is 2.32. The SMILES string of the molecule is COc1cc(I)ccc1C(=S)NC1CC1. The highest BCUT2D eigenvalue weighted by atomic mass is 127. The fourth-order valence-electron chi connectivity index (χ4n) is 1.34. The summed E-state index contributed by atoms with van der Waals surface area (Å²) in [6, 6.07) is 6.63. The van der Waals surface area contributed by atoms with Gasteiger partial charge in [-0.05, 0) is 53.6 Å². The Morgan fingerprint density at radius 3 is 2.87 bits per heavy atom. The van der Waals surface area contributed by atoms with Crippen LogP contribution in [-0.2, 0) is 0 Å². The molecular weight excluding hydrogens is 321 g/mol. The number of methoxy groups -OCH3 is 1. The van der Waals surface area contributed by atoms with Crippen LogP contribution < -0.4 is 10.1 Å². The monoisotopic (exact) mass is 333 g/mol. The third-order valence-corrected chi connectivity index (χ3v) is 3.33. The van der Waals surface area contributed by atoms with Gasteiger partial charge >= 0.3 is 0 Å². The summed E-state index contributed by atoms with van der Waals surface area (Å²) in [4.78, 5) is 0.797. The summed E-state index contributed by atoms with van der Waals surface area (Å²) < 4.78 is 6.47. The van der Waals surface area contributed by atoms with Crippen LogP contribution in [-0.4, -0.2) is 18.1 Å². The van der Waals surface area contributed by atoms with Gasteiger partial charge in [-0.25, -0.2) is 0 Å². The van der Waals surface area contributed by atoms with Crippen molar-refractivity contribution >= 4 is 39.8 Å². The van der Waals surface area contributed by atoms with Crippen molar-refractivity contribution in [1.82, 2.24) is 5.32 Å². The van der Waals surface area contributed by atoms with E-state index in [4.69, 9.17) is 17.0 Å². The van der Waals surface area contributed by atoms with E-state index in [2.05, 4.69) is 27.9 Å². The molecule has 0 aliphatic heterocycles. The second kappa shape index (κ2) is 4.65. The lowest BCUT2D eigenvalue weighted by molar-refractivity contribution is 0.413. The van der Waals surface area contributed by atoms with Crippen LogP contribution in [0.2, 0.25) is 0 Å². The molecule has 1 aliphatic carbocycles. The molecule has 0 aromatic heterocycles. The highest BCUT2D eigenvalue weighted by Crippen LogP contribution is 2.24. The fourth-order valence-corrected chi connectivity index (χ4v) is 2.14. The highest BCUT2D eigenvalue weighted by Gasteiger charge is 2.23. The number of halogens is 1. The van der Waals surface area contributed by atoms with Crippen LogP contribution in [0.25, 0.3) is 0 Å². The Morgan fingerprint density at radius 1 is 1.53 bits per heavy atom. The number of rotatable bonds is 3. The van der Waals surface area contributed by atoms with Crippen LogP contribution in [0.4, 0.5) is 0 Å². The van der Waals surface area contributed by atoms with E-state index in [1.807, 2.05) is 18.2 Å². The van der Waals surface area contributed by atoms with E-state index in [0.717, 1.165) is 19.9 Å². The average molecular weight is 333 g/mol. The number of nitrogens with one attached hydrogen (secondary N) is 1. The van der Waals surface area contributed by atoms with Crippen molar-refractivity contribution in [1.29, 1.82) is 0 Å². The van der Waals surface area contributed by atoms with Gasteiger partial charge in [0.15, 0.2) is 0 Å². The van der Waals surface area contributed by atoms with Crippen molar-refractivity contribution in [2.75, 3.05) is 7.11 Å². The topological polar surface area (TPSA) is 21.3 Å². The van der Waals surface area contributed by atoms with Crippen LogP contribution >= 0.6 is 34.8 Å². The van der Waals surface area contributed by atoms with Gasteiger partial charge in [-0.15, -0.1) is 0 Å². The molecule has 1 N–H and O–H groups in total. The van der Waals surface area contributed by atoms with Gasteiger partial charge in [0, 0.05) is 9.61 Å². The van der Waals surface area contributed by atoms with E-state index in [1.54, 1.807) is 7.11 Å². The Bertz CT molecular complexity index is 390. The van der Waals surface area contributed by atoms with E-state index >= 15 is 0 Å². The predicted molar refractivity (Wildman–Crippen MR) is 73.6 cm³/mol. The Kier molecular flexibility index (Phi) is 3.45. The summed E-state index contributed by atoms with van der Waals surface area (Å²) in [6.07, 6.45) is 2.46. The molecule has 0 unspecified atom stereocenters. The van der Waals surface area contributed by atoms with Gasteiger partial charge in [-0.1, -0.05) is 12.2 Å². The second-order valence-corrected chi connectivity index (χ2v) is 5.25. The first kappa shape index (κ1) is 11.1. The summed E-state index contributed by atoms with van der Waals surface area (Å²) >= 11 is 7.60. The van der Waals surface area contributed by atoms with Crippen LogP contribution in [0.3, 0.4) is 0 Å². The van der Waals surface area contributed by atoms with Crippen LogP contribution in [0.1, 0.15) is 18.4 Å². The molecule has 0 atom stereocenters. The molecule has 1 aromatic rings.